The van der Waals surface area contributed by atoms with Crippen LogP contribution in [0.1, 0.15) is 18.7 Å². The van der Waals surface area contributed by atoms with Crippen LogP contribution in [0.25, 0.3) is 0 Å². The minimum Gasteiger partial charge on any atom is -0.481 e. The zero-order valence-corrected chi connectivity index (χ0v) is 9.80. The number of carbonyl (C=O) groups excluding carboxylic acids is 1. The molecule has 0 bridgehead atoms. The van der Waals surface area contributed by atoms with Gasteiger partial charge in [-0.2, -0.15) is 4.98 Å². The minimum atomic E-state index is -0.892. The van der Waals surface area contributed by atoms with Crippen molar-refractivity contribution in [2.45, 2.75) is 19.3 Å². The van der Waals surface area contributed by atoms with Crippen molar-refractivity contribution in [2.24, 2.45) is 5.92 Å². The molecule has 1 amide bonds. The highest BCUT2D eigenvalue weighted by atomic mass is 16.4. The summed E-state index contributed by atoms with van der Waals surface area (Å²) < 4.78 is 0. The summed E-state index contributed by atoms with van der Waals surface area (Å²) in [6, 6.07) is 0. The molecule has 1 aliphatic heterocycles. The van der Waals surface area contributed by atoms with Crippen molar-refractivity contribution in [3.05, 3.63) is 18.5 Å². The third kappa shape index (κ3) is 2.55. The lowest BCUT2D eigenvalue weighted by molar-refractivity contribution is -0.137. The van der Waals surface area contributed by atoms with Crippen molar-refractivity contribution < 1.29 is 14.7 Å². The molecule has 0 aromatic carbocycles. The normalized spacial score (nSPS) is 19.2. The van der Waals surface area contributed by atoms with E-state index in [1.165, 1.54) is 4.90 Å². The van der Waals surface area contributed by atoms with Crippen LogP contribution in [0, 0.1) is 5.92 Å². The Hall–Kier alpha value is -2.18. The quantitative estimate of drug-likeness (QED) is 0.735. The fourth-order valence-corrected chi connectivity index (χ4v) is 1.83. The molecule has 1 aliphatic rings. The average Bonchev–Trinajstić information content (AvgIpc) is 2.92. The van der Waals surface area contributed by atoms with Crippen LogP contribution >= 0.6 is 0 Å². The van der Waals surface area contributed by atoms with Gasteiger partial charge in [0.05, 0.1) is 6.42 Å². The molecule has 1 unspecified atom stereocenters. The summed E-state index contributed by atoms with van der Waals surface area (Å²) in [5, 5.41) is 15.1. The minimum absolute atomic E-state index is 0.0160. The van der Waals surface area contributed by atoms with Gasteiger partial charge in [-0.1, -0.05) is 6.08 Å². The van der Waals surface area contributed by atoms with Crippen molar-refractivity contribution >= 4 is 17.8 Å². The first-order valence-electron chi connectivity index (χ1n) is 5.66. The molecular formula is C11H14N4O3. The van der Waals surface area contributed by atoms with Crippen LogP contribution in [0.15, 0.2) is 12.7 Å². The number of hydrogen-bond donors (Lipinski definition) is 2. The molecule has 1 fully saturated rings. The number of anilines is 1. The Morgan fingerprint density at radius 3 is 3.06 bits per heavy atom. The third-order valence-electron chi connectivity index (χ3n) is 2.83. The number of hydrogen-bond acceptors (Lipinski definition) is 4. The highest BCUT2D eigenvalue weighted by Gasteiger charge is 2.31. The summed E-state index contributed by atoms with van der Waals surface area (Å²) >= 11 is 0. The van der Waals surface area contributed by atoms with Gasteiger partial charge in [-0.15, -0.1) is 11.7 Å². The highest BCUT2D eigenvalue weighted by Crippen LogP contribution is 2.22. The van der Waals surface area contributed by atoms with E-state index in [0.717, 1.165) is 0 Å². The number of aromatic nitrogens is 3. The molecule has 0 saturated carbocycles. The monoisotopic (exact) mass is 250 g/mol. The number of rotatable bonds is 5. The van der Waals surface area contributed by atoms with Gasteiger partial charge >= 0.3 is 5.97 Å². The maximum Gasteiger partial charge on any atom is 0.303 e. The number of aryl methyl sites for hydroxylation is 1. The van der Waals surface area contributed by atoms with E-state index in [4.69, 9.17) is 5.11 Å². The highest BCUT2D eigenvalue weighted by molar-refractivity contribution is 5.94. The molecule has 0 aliphatic carbocycles. The molecule has 7 heteroatoms. The third-order valence-corrected chi connectivity index (χ3v) is 2.83. The Morgan fingerprint density at radius 2 is 2.44 bits per heavy atom. The number of nitrogens with zero attached hydrogens (tertiary/aromatic N) is 3. The molecule has 2 rings (SSSR count). The summed E-state index contributed by atoms with van der Waals surface area (Å²) in [6.07, 6.45) is 2.42. The van der Waals surface area contributed by atoms with Gasteiger partial charge in [-0.05, 0) is 0 Å². The van der Waals surface area contributed by atoms with Crippen molar-refractivity contribution in [1.82, 2.24) is 15.2 Å². The fourth-order valence-electron chi connectivity index (χ4n) is 1.83. The molecule has 18 heavy (non-hydrogen) atoms. The maximum atomic E-state index is 11.7. The molecule has 1 saturated heterocycles. The van der Waals surface area contributed by atoms with Crippen LogP contribution in [-0.4, -0.2) is 38.7 Å². The number of aliphatic carboxylic acids is 1. The Kier molecular flexibility index (Phi) is 3.40. The van der Waals surface area contributed by atoms with E-state index in [2.05, 4.69) is 21.8 Å². The van der Waals surface area contributed by atoms with E-state index in [1.54, 1.807) is 6.08 Å². The standard InChI is InChI=1S/C11H14N4O3/c1-2-7-5-9(16)15(6-7)11-12-8(13-14-11)3-4-10(17)18/h2,7H,1,3-6H2,(H,17,18)(H,12,13,14). The van der Waals surface area contributed by atoms with Crippen LogP contribution in [0.3, 0.4) is 0 Å². The van der Waals surface area contributed by atoms with E-state index in [0.29, 0.717) is 24.7 Å². The lowest BCUT2D eigenvalue weighted by Gasteiger charge is -2.09. The lowest BCUT2D eigenvalue weighted by atomic mass is 10.1. The molecule has 1 atom stereocenters. The molecule has 1 aromatic rings. The van der Waals surface area contributed by atoms with Gasteiger partial charge in [-0.3, -0.25) is 19.6 Å². The van der Waals surface area contributed by atoms with Gasteiger partial charge in [0.2, 0.25) is 5.91 Å². The Balaban J connectivity index is 2.03. The van der Waals surface area contributed by atoms with E-state index in [9.17, 15) is 9.59 Å². The van der Waals surface area contributed by atoms with Crippen molar-refractivity contribution in [1.29, 1.82) is 0 Å². The van der Waals surface area contributed by atoms with Gasteiger partial charge < -0.3 is 5.11 Å². The Morgan fingerprint density at radius 1 is 1.67 bits per heavy atom. The summed E-state index contributed by atoms with van der Waals surface area (Å²) in [5.41, 5.74) is 0. The number of nitrogens with one attached hydrogen (secondary N) is 1. The molecule has 2 N–H and O–H groups in total. The Bertz CT molecular complexity index is 482. The van der Waals surface area contributed by atoms with E-state index < -0.39 is 5.97 Å². The van der Waals surface area contributed by atoms with E-state index in [-0.39, 0.29) is 24.7 Å². The van der Waals surface area contributed by atoms with Crippen LogP contribution < -0.4 is 4.90 Å². The predicted molar refractivity (Wildman–Crippen MR) is 63.0 cm³/mol. The average molecular weight is 250 g/mol. The smallest absolute Gasteiger partial charge is 0.303 e. The van der Waals surface area contributed by atoms with Crippen molar-refractivity contribution in [3.63, 3.8) is 0 Å². The van der Waals surface area contributed by atoms with E-state index in [1.807, 2.05) is 0 Å². The maximum absolute atomic E-state index is 11.7. The largest absolute Gasteiger partial charge is 0.481 e. The van der Waals surface area contributed by atoms with Crippen LogP contribution in [-0.2, 0) is 16.0 Å². The second-order valence-electron chi connectivity index (χ2n) is 4.18. The molecular weight excluding hydrogens is 236 g/mol. The van der Waals surface area contributed by atoms with Crippen LogP contribution in [0.4, 0.5) is 5.95 Å². The number of amides is 1. The van der Waals surface area contributed by atoms with Gasteiger partial charge in [-0.25, -0.2) is 0 Å². The summed E-state index contributed by atoms with van der Waals surface area (Å²) in [6.45, 7) is 4.19. The van der Waals surface area contributed by atoms with Crippen LogP contribution in [0.2, 0.25) is 0 Å². The number of carboxylic acids is 1. The van der Waals surface area contributed by atoms with E-state index >= 15 is 0 Å². The summed E-state index contributed by atoms with van der Waals surface area (Å²) in [5.74, 6) is -0.0222. The zero-order valence-electron chi connectivity index (χ0n) is 9.80. The predicted octanol–water partition coefficient (Wildman–Crippen LogP) is 0.361. The van der Waals surface area contributed by atoms with Gasteiger partial charge in [0.15, 0.2) is 0 Å². The topological polar surface area (TPSA) is 99.2 Å². The second kappa shape index (κ2) is 4.99. The van der Waals surface area contributed by atoms with Crippen molar-refractivity contribution in [2.75, 3.05) is 11.4 Å². The number of carbonyl (C=O) groups is 2. The van der Waals surface area contributed by atoms with Gasteiger partial charge in [0.25, 0.3) is 5.95 Å². The number of carboxylic acid groups (broad SMARTS) is 1. The summed E-state index contributed by atoms with van der Waals surface area (Å²) in [7, 11) is 0. The molecule has 0 radical (unpaired) electrons. The second-order valence-corrected chi connectivity index (χ2v) is 4.18. The molecule has 7 nitrogen and oxygen atoms in total. The first kappa shape index (κ1) is 12.3. The Labute approximate surface area is 104 Å². The molecule has 0 spiro atoms. The lowest BCUT2D eigenvalue weighted by Crippen LogP contribution is -2.25. The number of aromatic amines is 1. The first-order valence-corrected chi connectivity index (χ1v) is 5.66. The fraction of sp³-hybridized carbons (Fsp3) is 0.455. The van der Waals surface area contributed by atoms with Gasteiger partial charge in [0.1, 0.15) is 5.82 Å². The zero-order chi connectivity index (χ0) is 13.1. The first-order chi connectivity index (χ1) is 8.60. The SMILES string of the molecule is C=CC1CC(=O)N(c2n[nH]c(CCC(=O)O)n2)C1. The molecule has 96 valence electrons. The molecule has 1 aromatic heterocycles. The molecule has 2 heterocycles. The number of H-pyrrole nitrogens is 1. The van der Waals surface area contributed by atoms with Gasteiger partial charge in [0, 0.05) is 25.3 Å². The van der Waals surface area contributed by atoms with Crippen LogP contribution in [0.5, 0.6) is 0 Å². The van der Waals surface area contributed by atoms with Crippen molar-refractivity contribution in [3.8, 4) is 0 Å². The summed E-state index contributed by atoms with van der Waals surface area (Å²) in [4.78, 5) is 27.8.